The number of halogens is 1. The smallest absolute Gasteiger partial charge is 0.314 e. The zero-order chi connectivity index (χ0) is 13.7. The number of nitrogens with two attached hydrogens (primary N) is 1. The van der Waals surface area contributed by atoms with E-state index in [1.165, 1.54) is 0 Å². The highest BCUT2D eigenvalue weighted by atomic mass is 35.5. The van der Waals surface area contributed by atoms with Gasteiger partial charge in [-0.3, -0.25) is 9.59 Å². The Kier molecular flexibility index (Phi) is 5.16. The standard InChI is InChI=1S/C13H16ClNO3/c1-8(2)12(13(17)18-7-11(15)16)9-3-5-10(14)6-4-9/h3-6,8,12H,7H2,1-2H3,(H2,15,16). The van der Waals surface area contributed by atoms with Crippen molar-refractivity contribution in [2.75, 3.05) is 6.61 Å². The van der Waals surface area contributed by atoms with Gasteiger partial charge in [-0.2, -0.15) is 0 Å². The summed E-state index contributed by atoms with van der Waals surface area (Å²) in [6, 6.07) is 6.98. The van der Waals surface area contributed by atoms with Crippen LogP contribution in [0.25, 0.3) is 0 Å². The van der Waals surface area contributed by atoms with Crippen LogP contribution in [0.3, 0.4) is 0 Å². The van der Waals surface area contributed by atoms with Gasteiger partial charge in [0.25, 0.3) is 5.91 Å². The molecule has 2 N–H and O–H groups in total. The third-order valence-electron chi connectivity index (χ3n) is 2.51. The number of benzene rings is 1. The molecule has 1 aromatic carbocycles. The Labute approximate surface area is 111 Å². The van der Waals surface area contributed by atoms with Crippen molar-refractivity contribution in [1.82, 2.24) is 0 Å². The Morgan fingerprint density at radius 3 is 2.28 bits per heavy atom. The molecule has 0 spiro atoms. The summed E-state index contributed by atoms with van der Waals surface area (Å²) < 4.78 is 4.87. The summed E-state index contributed by atoms with van der Waals surface area (Å²) in [5.41, 5.74) is 5.75. The normalized spacial score (nSPS) is 12.2. The summed E-state index contributed by atoms with van der Waals surface area (Å²) in [7, 11) is 0. The molecule has 18 heavy (non-hydrogen) atoms. The summed E-state index contributed by atoms with van der Waals surface area (Å²) in [4.78, 5) is 22.5. The lowest BCUT2D eigenvalue weighted by Crippen LogP contribution is -2.26. The quantitative estimate of drug-likeness (QED) is 0.833. The predicted octanol–water partition coefficient (Wildman–Crippen LogP) is 2.11. The number of esters is 1. The van der Waals surface area contributed by atoms with E-state index in [-0.39, 0.29) is 5.92 Å². The van der Waals surface area contributed by atoms with Gasteiger partial charge in [0.05, 0.1) is 5.92 Å². The largest absolute Gasteiger partial charge is 0.455 e. The number of hydrogen-bond donors (Lipinski definition) is 1. The van der Waals surface area contributed by atoms with Gasteiger partial charge in [-0.15, -0.1) is 0 Å². The minimum Gasteiger partial charge on any atom is -0.455 e. The maximum Gasteiger partial charge on any atom is 0.314 e. The number of rotatable bonds is 5. The Balaban J connectivity index is 2.85. The molecule has 0 bridgehead atoms. The first-order valence-electron chi connectivity index (χ1n) is 5.62. The van der Waals surface area contributed by atoms with Crippen molar-refractivity contribution in [3.63, 3.8) is 0 Å². The van der Waals surface area contributed by atoms with Gasteiger partial charge in [0.2, 0.25) is 0 Å². The molecular formula is C13H16ClNO3. The van der Waals surface area contributed by atoms with Crippen molar-refractivity contribution in [3.8, 4) is 0 Å². The number of carbonyl (C=O) groups is 2. The molecule has 0 saturated heterocycles. The first kappa shape index (κ1) is 14.5. The summed E-state index contributed by atoms with van der Waals surface area (Å²) >= 11 is 5.80. The van der Waals surface area contributed by atoms with Crippen molar-refractivity contribution in [2.24, 2.45) is 11.7 Å². The van der Waals surface area contributed by atoms with Crippen LogP contribution in [0, 0.1) is 5.92 Å². The first-order valence-corrected chi connectivity index (χ1v) is 6.00. The highest BCUT2D eigenvalue weighted by Gasteiger charge is 2.25. The van der Waals surface area contributed by atoms with Crippen LogP contribution >= 0.6 is 11.6 Å². The molecule has 1 rings (SSSR count). The highest BCUT2D eigenvalue weighted by Crippen LogP contribution is 2.26. The molecule has 0 heterocycles. The van der Waals surface area contributed by atoms with Crippen LogP contribution in [0.2, 0.25) is 5.02 Å². The number of primary amides is 1. The predicted molar refractivity (Wildman–Crippen MR) is 69.2 cm³/mol. The van der Waals surface area contributed by atoms with E-state index < -0.39 is 24.4 Å². The van der Waals surface area contributed by atoms with Crippen LogP contribution in [-0.2, 0) is 14.3 Å². The summed E-state index contributed by atoms with van der Waals surface area (Å²) in [5, 5.41) is 0.603. The number of ether oxygens (including phenoxy) is 1. The molecule has 4 nitrogen and oxygen atoms in total. The molecule has 98 valence electrons. The Bertz CT molecular complexity index is 428. The Morgan fingerprint density at radius 2 is 1.83 bits per heavy atom. The molecule has 5 heteroatoms. The molecule has 1 aromatic rings. The van der Waals surface area contributed by atoms with Gasteiger partial charge in [0.1, 0.15) is 0 Å². The fourth-order valence-electron chi connectivity index (χ4n) is 1.70. The molecule has 1 atom stereocenters. The van der Waals surface area contributed by atoms with Crippen LogP contribution in [0.4, 0.5) is 0 Å². The number of carbonyl (C=O) groups excluding carboxylic acids is 2. The minimum atomic E-state index is -0.665. The van der Waals surface area contributed by atoms with Gasteiger partial charge in [-0.25, -0.2) is 0 Å². The molecule has 0 aliphatic carbocycles. The molecule has 0 aliphatic rings. The van der Waals surface area contributed by atoms with Crippen molar-refractivity contribution in [2.45, 2.75) is 19.8 Å². The van der Waals surface area contributed by atoms with E-state index in [1.54, 1.807) is 24.3 Å². The van der Waals surface area contributed by atoms with E-state index in [4.69, 9.17) is 22.1 Å². The van der Waals surface area contributed by atoms with E-state index >= 15 is 0 Å². The van der Waals surface area contributed by atoms with Crippen LogP contribution < -0.4 is 5.73 Å². The summed E-state index contributed by atoms with van der Waals surface area (Å²) in [6.07, 6.45) is 0. The lowest BCUT2D eigenvalue weighted by Gasteiger charge is -2.19. The summed E-state index contributed by atoms with van der Waals surface area (Å²) in [5.74, 6) is -1.50. The lowest BCUT2D eigenvalue weighted by molar-refractivity contribution is -0.150. The lowest BCUT2D eigenvalue weighted by atomic mass is 9.88. The van der Waals surface area contributed by atoms with E-state index in [9.17, 15) is 9.59 Å². The van der Waals surface area contributed by atoms with Gasteiger partial charge >= 0.3 is 5.97 Å². The second-order valence-electron chi connectivity index (χ2n) is 4.35. The average molecular weight is 270 g/mol. The van der Waals surface area contributed by atoms with Crippen LogP contribution in [-0.4, -0.2) is 18.5 Å². The molecule has 0 aliphatic heterocycles. The molecule has 1 unspecified atom stereocenters. The average Bonchev–Trinajstić information content (AvgIpc) is 2.29. The number of hydrogen-bond acceptors (Lipinski definition) is 3. The number of amides is 1. The zero-order valence-electron chi connectivity index (χ0n) is 10.4. The second kappa shape index (κ2) is 6.40. The molecule has 0 radical (unpaired) electrons. The van der Waals surface area contributed by atoms with Crippen molar-refractivity contribution >= 4 is 23.5 Å². The summed E-state index contributed by atoms with van der Waals surface area (Å²) in [6.45, 7) is 3.42. The topological polar surface area (TPSA) is 69.4 Å². The first-order chi connectivity index (χ1) is 8.41. The van der Waals surface area contributed by atoms with Crippen LogP contribution in [0.5, 0.6) is 0 Å². The molecular weight excluding hydrogens is 254 g/mol. The van der Waals surface area contributed by atoms with E-state index in [0.717, 1.165) is 5.56 Å². The van der Waals surface area contributed by atoms with Gasteiger partial charge in [0, 0.05) is 5.02 Å². The van der Waals surface area contributed by atoms with Gasteiger partial charge in [-0.05, 0) is 23.6 Å². The van der Waals surface area contributed by atoms with E-state index in [1.807, 2.05) is 13.8 Å². The fraction of sp³-hybridized carbons (Fsp3) is 0.385. The molecule has 1 amide bonds. The second-order valence-corrected chi connectivity index (χ2v) is 4.78. The van der Waals surface area contributed by atoms with Crippen molar-refractivity contribution in [3.05, 3.63) is 34.9 Å². The monoisotopic (exact) mass is 269 g/mol. The van der Waals surface area contributed by atoms with Crippen molar-refractivity contribution < 1.29 is 14.3 Å². The highest BCUT2D eigenvalue weighted by molar-refractivity contribution is 6.30. The third-order valence-corrected chi connectivity index (χ3v) is 2.76. The molecule has 0 fully saturated rings. The van der Waals surface area contributed by atoms with Crippen molar-refractivity contribution in [1.29, 1.82) is 0 Å². The van der Waals surface area contributed by atoms with Gasteiger partial charge in [0.15, 0.2) is 6.61 Å². The maximum atomic E-state index is 11.9. The van der Waals surface area contributed by atoms with Crippen LogP contribution in [0.1, 0.15) is 25.3 Å². The minimum absolute atomic E-state index is 0.0477. The maximum absolute atomic E-state index is 11.9. The van der Waals surface area contributed by atoms with Crippen LogP contribution in [0.15, 0.2) is 24.3 Å². The SMILES string of the molecule is CC(C)C(C(=O)OCC(N)=O)c1ccc(Cl)cc1. The zero-order valence-corrected chi connectivity index (χ0v) is 11.1. The van der Waals surface area contributed by atoms with Gasteiger partial charge < -0.3 is 10.5 Å². The van der Waals surface area contributed by atoms with E-state index in [2.05, 4.69) is 0 Å². The Hall–Kier alpha value is -1.55. The molecule has 0 saturated carbocycles. The fourth-order valence-corrected chi connectivity index (χ4v) is 1.82. The third kappa shape index (κ3) is 4.04. The Morgan fingerprint density at radius 1 is 1.28 bits per heavy atom. The van der Waals surface area contributed by atoms with Gasteiger partial charge in [-0.1, -0.05) is 37.6 Å². The molecule has 0 aromatic heterocycles. The van der Waals surface area contributed by atoms with E-state index in [0.29, 0.717) is 5.02 Å².